The van der Waals surface area contributed by atoms with Gasteiger partial charge in [-0.1, -0.05) is 18.3 Å². The topological polar surface area (TPSA) is 63.2 Å². The zero-order chi connectivity index (χ0) is 18.4. The van der Waals surface area contributed by atoms with Crippen LogP contribution < -0.4 is 10.6 Å². The molecule has 0 spiro atoms. The number of carbonyl (C=O) groups excluding carboxylic acids is 1. The summed E-state index contributed by atoms with van der Waals surface area (Å²) in [5.41, 5.74) is 1.71. The summed E-state index contributed by atoms with van der Waals surface area (Å²) in [6.07, 6.45) is 6.29. The molecule has 0 radical (unpaired) electrons. The lowest BCUT2D eigenvalue weighted by atomic mass is 10.1. The highest BCUT2D eigenvalue weighted by atomic mass is 32.2. The van der Waals surface area contributed by atoms with Crippen LogP contribution in [0.15, 0.2) is 35.9 Å². The third-order valence-corrected chi connectivity index (χ3v) is 5.83. The van der Waals surface area contributed by atoms with E-state index in [2.05, 4.69) is 22.2 Å². The van der Waals surface area contributed by atoms with Crippen molar-refractivity contribution >= 4 is 28.4 Å². The van der Waals surface area contributed by atoms with Crippen molar-refractivity contribution in [3.05, 3.63) is 41.5 Å². The Morgan fingerprint density at radius 1 is 1.35 bits per heavy atom. The predicted molar refractivity (Wildman–Crippen MR) is 108 cm³/mol. The molecule has 1 aromatic rings. The molecule has 6 heteroatoms. The molecule has 5 nitrogen and oxygen atoms in total. The number of rotatable bonds is 0. The first kappa shape index (κ1) is 19.0. The Bertz CT molecular complexity index is 689. The zero-order valence-corrected chi connectivity index (χ0v) is 16.1. The van der Waals surface area contributed by atoms with E-state index in [9.17, 15) is 4.79 Å². The molecule has 1 aromatic heterocycles. The summed E-state index contributed by atoms with van der Waals surface area (Å²) in [7, 11) is 0. The molecule has 0 unspecified atom stereocenters. The van der Waals surface area contributed by atoms with E-state index in [4.69, 9.17) is 4.74 Å². The van der Waals surface area contributed by atoms with Crippen molar-refractivity contribution in [1.29, 1.82) is 0 Å². The molecule has 26 heavy (non-hydrogen) atoms. The number of hydrogen-bond acceptors (Lipinski definition) is 5. The van der Waals surface area contributed by atoms with Gasteiger partial charge < -0.3 is 15.4 Å². The fourth-order valence-electron chi connectivity index (χ4n) is 3.26. The molecule has 2 N–H and O–H groups in total. The average molecular weight is 374 g/mol. The number of carbonyl (C=O) groups is 1. The van der Waals surface area contributed by atoms with Crippen molar-refractivity contribution in [3.63, 3.8) is 0 Å². The molecule has 1 saturated carbocycles. The highest BCUT2D eigenvalue weighted by molar-refractivity contribution is 8.10. The number of thioether (sulfide) groups is 1. The monoisotopic (exact) mass is 373 g/mol. The molecular formula is C20H27N3O2S. The fourth-order valence-corrected chi connectivity index (χ4v) is 3.95. The van der Waals surface area contributed by atoms with E-state index in [1.54, 1.807) is 6.20 Å². The lowest BCUT2D eigenvalue weighted by Crippen LogP contribution is -2.29. The van der Waals surface area contributed by atoms with E-state index >= 15 is 0 Å². The van der Waals surface area contributed by atoms with Gasteiger partial charge >= 0.3 is 0 Å². The maximum atomic E-state index is 12.3. The van der Waals surface area contributed by atoms with Gasteiger partial charge in [0.1, 0.15) is 5.82 Å². The zero-order valence-electron chi connectivity index (χ0n) is 15.3. The summed E-state index contributed by atoms with van der Waals surface area (Å²) in [5, 5.41) is 8.28. The second-order valence-electron chi connectivity index (χ2n) is 6.93. The molecule has 2 aliphatic rings. The van der Waals surface area contributed by atoms with Crippen molar-refractivity contribution in [2.75, 3.05) is 25.0 Å². The summed E-state index contributed by atoms with van der Waals surface area (Å²) >= 11 is 1.48. The maximum absolute atomic E-state index is 12.3. The van der Waals surface area contributed by atoms with Gasteiger partial charge in [0, 0.05) is 36.4 Å². The predicted octanol–water partition coefficient (Wildman–Crippen LogP) is 3.81. The van der Waals surface area contributed by atoms with Crippen LogP contribution in [0.3, 0.4) is 0 Å². The largest absolute Gasteiger partial charge is 0.378 e. The Balaban J connectivity index is 1.70. The van der Waals surface area contributed by atoms with Gasteiger partial charge in [0.05, 0.1) is 6.10 Å². The summed E-state index contributed by atoms with van der Waals surface area (Å²) in [5.74, 6) is 1.35. The van der Waals surface area contributed by atoms with Gasteiger partial charge in [0.25, 0.3) is 0 Å². The Hall–Kier alpha value is -1.79. The van der Waals surface area contributed by atoms with Crippen molar-refractivity contribution in [2.45, 2.75) is 38.7 Å². The molecule has 1 fully saturated rings. The van der Waals surface area contributed by atoms with Crippen molar-refractivity contribution in [3.8, 4) is 0 Å². The summed E-state index contributed by atoms with van der Waals surface area (Å²) in [6.45, 7) is 8.27. The Labute approximate surface area is 159 Å². The lowest BCUT2D eigenvalue weighted by Gasteiger charge is -2.14. The van der Waals surface area contributed by atoms with Crippen LogP contribution in [0.1, 0.15) is 38.2 Å². The van der Waals surface area contributed by atoms with Crippen molar-refractivity contribution < 1.29 is 9.53 Å². The molecule has 1 aliphatic heterocycles. The van der Waals surface area contributed by atoms with Gasteiger partial charge in [-0.05, 0) is 61.6 Å². The molecule has 1 aliphatic carbocycles. The molecule has 140 valence electrons. The number of nitrogens with zero attached hydrogens (tertiary/aromatic N) is 1. The number of fused-ring (bicyclic) bond motifs is 4. The van der Waals surface area contributed by atoms with Crippen LogP contribution in [0, 0.1) is 5.92 Å². The van der Waals surface area contributed by atoms with Gasteiger partial charge in [0.2, 0.25) is 5.91 Å². The summed E-state index contributed by atoms with van der Waals surface area (Å²) in [4.78, 5) is 17.5. The van der Waals surface area contributed by atoms with E-state index in [-0.39, 0.29) is 5.91 Å². The minimum absolute atomic E-state index is 0.00660. The van der Waals surface area contributed by atoms with E-state index in [1.807, 2.05) is 24.5 Å². The minimum Gasteiger partial charge on any atom is -0.378 e. The van der Waals surface area contributed by atoms with Crippen LogP contribution in [0.2, 0.25) is 0 Å². The fraction of sp³-hybridized carbons (Fsp3) is 0.500. The minimum atomic E-state index is -0.00660. The van der Waals surface area contributed by atoms with Gasteiger partial charge in [-0.2, -0.15) is 0 Å². The molecule has 2 atom stereocenters. The quantitative estimate of drug-likeness (QED) is 0.724. The summed E-state index contributed by atoms with van der Waals surface area (Å²) < 4.78 is 6.00. The number of ether oxygens (including phenoxy) is 1. The van der Waals surface area contributed by atoms with E-state index in [0.717, 1.165) is 61.7 Å². The second-order valence-corrected chi connectivity index (χ2v) is 7.90. The Morgan fingerprint density at radius 2 is 2.23 bits per heavy atom. The molecule has 1 amide bonds. The molecule has 4 bridgehead atoms. The Morgan fingerprint density at radius 3 is 3.12 bits per heavy atom. The highest BCUT2D eigenvalue weighted by Crippen LogP contribution is 2.29. The van der Waals surface area contributed by atoms with Gasteiger partial charge in [0.15, 0.2) is 0 Å². The summed E-state index contributed by atoms with van der Waals surface area (Å²) in [6, 6.07) is 3.92. The van der Waals surface area contributed by atoms with Crippen LogP contribution in [0.25, 0.3) is 4.91 Å². The van der Waals surface area contributed by atoms with Gasteiger partial charge in [-0.25, -0.2) is 4.98 Å². The first-order chi connectivity index (χ1) is 12.6. The van der Waals surface area contributed by atoms with Gasteiger partial charge in [-0.3, -0.25) is 4.79 Å². The smallest absolute Gasteiger partial charge is 0.247 e. The maximum Gasteiger partial charge on any atom is 0.247 e. The molecule has 2 heterocycles. The first-order valence-corrected chi connectivity index (χ1v) is 10.1. The number of hydrogen-bond donors (Lipinski definition) is 2. The third-order valence-electron chi connectivity index (χ3n) is 4.84. The normalized spacial score (nSPS) is 27.5. The third kappa shape index (κ3) is 5.35. The molecule has 0 saturated heterocycles. The number of aromatic nitrogens is 1. The number of amides is 1. The standard InChI is InChI=1S/C20H27N3O2S/c1-14-13-26-15(2)17-6-8-22-19(11-17)21-7-3-9-25-18-5-4-16(10-18)12-23-20(14)24/h6,8,11,13,16,18H,2-5,7,9-10,12H2,1H3,(H,21,22)(H,23,24)/b14-13+/t16-,18-/m0/s1. The molecule has 3 rings (SSSR count). The second kappa shape index (κ2) is 9.24. The van der Waals surface area contributed by atoms with E-state index in [1.165, 1.54) is 11.8 Å². The van der Waals surface area contributed by atoms with Crippen LogP contribution in [-0.2, 0) is 9.53 Å². The number of pyridine rings is 1. The SMILES string of the molecule is C=C1S/C=C(\C)C(=O)NC[C@H]2CC[C@@H](C2)OCCCNc2cc1ccn2. The Kier molecular flexibility index (Phi) is 6.74. The molecular weight excluding hydrogens is 346 g/mol. The number of anilines is 1. The first-order valence-electron chi connectivity index (χ1n) is 9.24. The highest BCUT2D eigenvalue weighted by Gasteiger charge is 2.25. The van der Waals surface area contributed by atoms with Crippen LogP contribution >= 0.6 is 11.8 Å². The van der Waals surface area contributed by atoms with E-state index < -0.39 is 0 Å². The number of nitrogens with one attached hydrogen (secondary N) is 2. The van der Waals surface area contributed by atoms with Crippen molar-refractivity contribution in [1.82, 2.24) is 10.3 Å². The van der Waals surface area contributed by atoms with Gasteiger partial charge in [-0.15, -0.1) is 0 Å². The van der Waals surface area contributed by atoms with E-state index in [0.29, 0.717) is 17.6 Å². The van der Waals surface area contributed by atoms with Crippen LogP contribution in [-0.4, -0.2) is 36.7 Å². The van der Waals surface area contributed by atoms with Crippen LogP contribution in [0.4, 0.5) is 5.82 Å². The lowest BCUT2D eigenvalue weighted by molar-refractivity contribution is -0.117. The average Bonchev–Trinajstić information content (AvgIpc) is 3.11. The van der Waals surface area contributed by atoms with Crippen LogP contribution in [0.5, 0.6) is 0 Å². The van der Waals surface area contributed by atoms with Crippen molar-refractivity contribution in [2.24, 2.45) is 5.92 Å². The molecule has 0 aromatic carbocycles.